The summed E-state index contributed by atoms with van der Waals surface area (Å²) >= 11 is 0. The summed E-state index contributed by atoms with van der Waals surface area (Å²) in [5.41, 5.74) is 1.48. The molecule has 24 heavy (non-hydrogen) atoms. The lowest BCUT2D eigenvalue weighted by molar-refractivity contribution is -1.05. The molecule has 2 saturated heterocycles. The fourth-order valence-electron chi connectivity index (χ4n) is 5.82. The molecule has 0 aromatic heterocycles. The van der Waals surface area contributed by atoms with Crippen LogP contribution in [0.4, 0.5) is 0 Å². The Morgan fingerprint density at radius 2 is 1.71 bits per heavy atom. The zero-order valence-corrected chi connectivity index (χ0v) is 15.2. The SMILES string of the molecule is COc1ccc(C[NH+]2CC[NH+]3CCC[C@@H]3[C@@H]2C2CCCCC2)cc1. The molecule has 0 amide bonds. The minimum Gasteiger partial charge on any atom is -0.497 e. The van der Waals surface area contributed by atoms with Crippen LogP contribution < -0.4 is 14.5 Å². The van der Waals surface area contributed by atoms with E-state index in [1.54, 1.807) is 7.11 Å². The first-order valence-electron chi connectivity index (χ1n) is 10.2. The average molecular weight is 331 g/mol. The van der Waals surface area contributed by atoms with Crippen LogP contribution in [-0.2, 0) is 6.54 Å². The first-order chi connectivity index (χ1) is 11.8. The summed E-state index contributed by atoms with van der Waals surface area (Å²) in [5.74, 6) is 1.95. The Hall–Kier alpha value is -1.06. The molecule has 1 aliphatic carbocycles. The van der Waals surface area contributed by atoms with Crippen LogP contribution in [0.15, 0.2) is 24.3 Å². The topological polar surface area (TPSA) is 18.1 Å². The van der Waals surface area contributed by atoms with Gasteiger partial charge >= 0.3 is 0 Å². The second-order valence-corrected chi connectivity index (χ2v) is 8.26. The Morgan fingerprint density at radius 3 is 2.46 bits per heavy atom. The molecule has 2 aliphatic heterocycles. The number of piperazine rings is 1. The van der Waals surface area contributed by atoms with Crippen molar-refractivity contribution in [2.75, 3.05) is 26.7 Å². The summed E-state index contributed by atoms with van der Waals surface area (Å²) < 4.78 is 5.32. The predicted octanol–water partition coefficient (Wildman–Crippen LogP) is 1.09. The van der Waals surface area contributed by atoms with Gasteiger partial charge < -0.3 is 14.5 Å². The number of nitrogens with one attached hydrogen (secondary N) is 2. The average Bonchev–Trinajstić information content (AvgIpc) is 3.11. The Labute approximate surface area is 147 Å². The van der Waals surface area contributed by atoms with Gasteiger partial charge in [0, 0.05) is 24.3 Å². The Bertz CT molecular complexity index is 523. The standard InChI is InChI=1S/C21H32N2O/c1-24-19-11-9-17(10-12-19)16-23-15-14-22-13-5-8-20(22)21(23)18-6-3-2-4-7-18/h9-12,18,20-21H,2-8,13-16H2,1H3/p+2/t20-,21+/m1/s1. The third-order valence-corrected chi connectivity index (χ3v) is 6.96. The zero-order valence-electron chi connectivity index (χ0n) is 15.2. The minimum absolute atomic E-state index is 0.902. The molecule has 1 aromatic rings. The molecule has 2 N–H and O–H groups in total. The summed E-state index contributed by atoms with van der Waals surface area (Å²) in [7, 11) is 1.75. The number of quaternary nitrogens is 2. The van der Waals surface area contributed by atoms with Gasteiger partial charge in [0.05, 0.1) is 13.7 Å². The number of ether oxygens (including phenoxy) is 1. The van der Waals surface area contributed by atoms with Crippen molar-refractivity contribution in [3.63, 3.8) is 0 Å². The monoisotopic (exact) mass is 330 g/mol. The van der Waals surface area contributed by atoms with E-state index in [1.807, 2.05) is 9.80 Å². The largest absolute Gasteiger partial charge is 0.497 e. The Balaban J connectivity index is 1.52. The van der Waals surface area contributed by atoms with Crippen molar-refractivity contribution in [3.05, 3.63) is 29.8 Å². The third-order valence-electron chi connectivity index (χ3n) is 6.96. The predicted molar refractivity (Wildman–Crippen MR) is 96.6 cm³/mol. The molecule has 132 valence electrons. The normalized spacial score (nSPS) is 34.0. The molecule has 4 atom stereocenters. The van der Waals surface area contributed by atoms with Gasteiger partial charge in [0.2, 0.25) is 0 Å². The van der Waals surface area contributed by atoms with Gasteiger partial charge in [0.15, 0.2) is 0 Å². The molecule has 1 aromatic carbocycles. The highest BCUT2D eigenvalue weighted by Crippen LogP contribution is 2.28. The number of fused-ring (bicyclic) bond motifs is 1. The van der Waals surface area contributed by atoms with Crippen LogP contribution in [0.5, 0.6) is 5.75 Å². The van der Waals surface area contributed by atoms with Crippen molar-refractivity contribution < 1.29 is 14.5 Å². The van der Waals surface area contributed by atoms with E-state index < -0.39 is 0 Å². The van der Waals surface area contributed by atoms with Gasteiger partial charge in [0.25, 0.3) is 0 Å². The summed E-state index contributed by atoms with van der Waals surface area (Å²) in [6.07, 6.45) is 10.3. The first kappa shape index (κ1) is 16.4. The molecule has 2 unspecified atom stereocenters. The number of hydrogen-bond donors (Lipinski definition) is 2. The minimum atomic E-state index is 0.902. The van der Waals surface area contributed by atoms with Gasteiger partial charge in [-0.2, -0.15) is 0 Å². The van der Waals surface area contributed by atoms with E-state index in [0.717, 1.165) is 23.8 Å². The second-order valence-electron chi connectivity index (χ2n) is 8.26. The Morgan fingerprint density at radius 1 is 0.917 bits per heavy atom. The quantitative estimate of drug-likeness (QED) is 0.846. The molecule has 3 heteroatoms. The lowest BCUT2D eigenvalue weighted by Crippen LogP contribution is -3.32. The lowest BCUT2D eigenvalue weighted by atomic mass is 9.78. The van der Waals surface area contributed by atoms with Crippen molar-refractivity contribution in [2.45, 2.75) is 63.6 Å². The van der Waals surface area contributed by atoms with Gasteiger partial charge in [-0.15, -0.1) is 0 Å². The smallest absolute Gasteiger partial charge is 0.143 e. The number of benzene rings is 1. The molecule has 0 bridgehead atoms. The first-order valence-corrected chi connectivity index (χ1v) is 10.2. The molecule has 2 heterocycles. The maximum atomic E-state index is 5.32. The van der Waals surface area contributed by atoms with Crippen LogP contribution in [0.2, 0.25) is 0 Å². The molecule has 3 nitrogen and oxygen atoms in total. The molecule has 0 radical (unpaired) electrons. The fraction of sp³-hybridized carbons (Fsp3) is 0.714. The van der Waals surface area contributed by atoms with Crippen molar-refractivity contribution in [2.24, 2.45) is 5.92 Å². The van der Waals surface area contributed by atoms with Crippen molar-refractivity contribution in [1.82, 2.24) is 0 Å². The lowest BCUT2D eigenvalue weighted by Gasteiger charge is -2.44. The van der Waals surface area contributed by atoms with Crippen LogP contribution in [-0.4, -0.2) is 38.8 Å². The van der Waals surface area contributed by atoms with E-state index in [4.69, 9.17) is 4.74 Å². The van der Waals surface area contributed by atoms with Crippen LogP contribution >= 0.6 is 0 Å². The van der Waals surface area contributed by atoms with Crippen LogP contribution in [0, 0.1) is 5.92 Å². The summed E-state index contributed by atoms with van der Waals surface area (Å²) in [6.45, 7) is 5.39. The highest BCUT2D eigenvalue weighted by molar-refractivity contribution is 5.26. The number of rotatable bonds is 4. The summed E-state index contributed by atoms with van der Waals surface area (Å²) in [6, 6.07) is 10.6. The van der Waals surface area contributed by atoms with Crippen LogP contribution in [0.1, 0.15) is 50.5 Å². The van der Waals surface area contributed by atoms with Crippen molar-refractivity contribution >= 4 is 0 Å². The van der Waals surface area contributed by atoms with E-state index in [0.29, 0.717) is 0 Å². The molecular weight excluding hydrogens is 296 g/mol. The molecule has 0 spiro atoms. The zero-order chi connectivity index (χ0) is 16.4. The van der Waals surface area contributed by atoms with Gasteiger partial charge in [-0.3, -0.25) is 0 Å². The Kier molecular flexibility index (Phi) is 5.09. The van der Waals surface area contributed by atoms with Crippen LogP contribution in [0.25, 0.3) is 0 Å². The number of methoxy groups -OCH3 is 1. The summed E-state index contributed by atoms with van der Waals surface area (Å²) in [5, 5.41) is 0. The van der Waals surface area contributed by atoms with E-state index in [2.05, 4.69) is 24.3 Å². The highest BCUT2D eigenvalue weighted by Gasteiger charge is 2.49. The van der Waals surface area contributed by atoms with Gasteiger partial charge in [0.1, 0.15) is 37.5 Å². The van der Waals surface area contributed by atoms with Gasteiger partial charge in [-0.05, 0) is 37.1 Å². The van der Waals surface area contributed by atoms with E-state index >= 15 is 0 Å². The number of hydrogen-bond acceptors (Lipinski definition) is 1. The van der Waals surface area contributed by atoms with E-state index in [9.17, 15) is 0 Å². The van der Waals surface area contributed by atoms with E-state index in [1.165, 1.54) is 76.7 Å². The second kappa shape index (κ2) is 7.45. The summed E-state index contributed by atoms with van der Waals surface area (Å²) in [4.78, 5) is 3.81. The maximum Gasteiger partial charge on any atom is 0.143 e. The fourth-order valence-corrected chi connectivity index (χ4v) is 5.82. The molecule has 4 rings (SSSR count). The molecule has 3 aliphatic rings. The maximum absolute atomic E-state index is 5.32. The van der Waals surface area contributed by atoms with Crippen LogP contribution in [0.3, 0.4) is 0 Å². The molecule has 1 saturated carbocycles. The highest BCUT2D eigenvalue weighted by atomic mass is 16.5. The molecule has 3 fully saturated rings. The van der Waals surface area contributed by atoms with Crippen molar-refractivity contribution in [3.8, 4) is 5.75 Å². The van der Waals surface area contributed by atoms with Gasteiger partial charge in [-0.25, -0.2) is 0 Å². The van der Waals surface area contributed by atoms with Crippen molar-refractivity contribution in [1.29, 1.82) is 0 Å². The molecular formula is C21H34N2O+2. The third kappa shape index (κ3) is 3.34. The van der Waals surface area contributed by atoms with Gasteiger partial charge in [-0.1, -0.05) is 19.3 Å². The van der Waals surface area contributed by atoms with E-state index in [-0.39, 0.29) is 0 Å².